The number of hydrogen-bond acceptors (Lipinski definition) is 7. The molecule has 2 aromatic rings. The van der Waals surface area contributed by atoms with E-state index in [2.05, 4.69) is 0 Å². The van der Waals surface area contributed by atoms with Crippen LogP contribution in [0, 0.1) is 20.8 Å². The van der Waals surface area contributed by atoms with E-state index in [0.29, 0.717) is 49.2 Å². The highest BCUT2D eigenvalue weighted by atomic mass is 32.2. The van der Waals surface area contributed by atoms with E-state index in [0.717, 1.165) is 28.0 Å². The number of rotatable bonds is 6. The van der Waals surface area contributed by atoms with Crippen molar-refractivity contribution in [2.24, 2.45) is 0 Å². The predicted octanol–water partition coefficient (Wildman–Crippen LogP) is 1.77. The molecular formula is C23H31N3O6S3. The van der Waals surface area contributed by atoms with E-state index in [4.69, 9.17) is 4.74 Å². The fourth-order valence-electron chi connectivity index (χ4n) is 4.65. The maximum atomic E-state index is 13.3. The maximum Gasteiger partial charge on any atom is 0.252 e. The average Bonchev–Trinajstić information content (AvgIpc) is 3.28. The molecule has 0 atom stereocenters. The third kappa shape index (κ3) is 5.47. The number of thiophene rings is 1. The van der Waals surface area contributed by atoms with E-state index in [1.54, 1.807) is 30.9 Å². The number of benzene rings is 1. The molecule has 9 nitrogen and oxygen atoms in total. The Labute approximate surface area is 211 Å². The summed E-state index contributed by atoms with van der Waals surface area (Å²) in [7, 11) is -7.24. The molecule has 0 saturated carbocycles. The molecule has 0 aliphatic carbocycles. The van der Waals surface area contributed by atoms with E-state index in [1.165, 1.54) is 8.61 Å². The summed E-state index contributed by atoms with van der Waals surface area (Å²) in [6.45, 7) is 7.99. The molecule has 3 heterocycles. The summed E-state index contributed by atoms with van der Waals surface area (Å²) >= 11 is 1.11. The van der Waals surface area contributed by atoms with Gasteiger partial charge in [-0.25, -0.2) is 16.8 Å². The van der Waals surface area contributed by atoms with E-state index >= 15 is 0 Å². The van der Waals surface area contributed by atoms with Gasteiger partial charge in [-0.05, 0) is 44.0 Å². The number of piperazine rings is 1. The van der Waals surface area contributed by atoms with Crippen molar-refractivity contribution in [3.8, 4) is 0 Å². The number of sulfonamides is 2. The van der Waals surface area contributed by atoms with Crippen LogP contribution in [0.25, 0.3) is 0 Å². The summed E-state index contributed by atoms with van der Waals surface area (Å²) in [5.41, 5.74) is 2.46. The SMILES string of the molecule is Cc1cc(C)c(S(=O)(=O)N2CCN(C(=O)Cc3ccc(S(=O)(=O)N4CCOCC4)s3)CC2)c(C)c1. The highest BCUT2D eigenvalue weighted by Crippen LogP contribution is 2.28. The van der Waals surface area contributed by atoms with E-state index in [-0.39, 0.29) is 29.6 Å². The zero-order valence-electron chi connectivity index (χ0n) is 20.2. The van der Waals surface area contributed by atoms with Gasteiger partial charge >= 0.3 is 0 Å². The first-order valence-corrected chi connectivity index (χ1v) is 15.2. The summed E-state index contributed by atoms with van der Waals surface area (Å²) in [6.07, 6.45) is 0.0895. The van der Waals surface area contributed by atoms with E-state index < -0.39 is 20.0 Å². The van der Waals surface area contributed by atoms with Crippen LogP contribution in [0.4, 0.5) is 0 Å². The molecule has 1 aromatic heterocycles. The summed E-state index contributed by atoms with van der Waals surface area (Å²) in [5.74, 6) is -0.137. The second-order valence-corrected chi connectivity index (χ2v) is 14.1. The van der Waals surface area contributed by atoms with Gasteiger partial charge in [-0.1, -0.05) is 17.7 Å². The monoisotopic (exact) mass is 541 g/mol. The third-order valence-electron chi connectivity index (χ3n) is 6.32. The quantitative estimate of drug-likeness (QED) is 0.552. The minimum atomic E-state index is -3.65. The fraction of sp³-hybridized carbons (Fsp3) is 0.522. The van der Waals surface area contributed by atoms with Crippen molar-refractivity contribution in [2.45, 2.75) is 36.3 Å². The largest absolute Gasteiger partial charge is 0.379 e. The average molecular weight is 542 g/mol. The molecule has 0 bridgehead atoms. The minimum Gasteiger partial charge on any atom is -0.379 e. The Bertz CT molecular complexity index is 1280. The molecule has 0 N–H and O–H groups in total. The molecule has 0 radical (unpaired) electrons. The number of nitrogens with zero attached hydrogens (tertiary/aromatic N) is 3. The highest BCUT2D eigenvalue weighted by molar-refractivity contribution is 7.91. The first-order valence-electron chi connectivity index (χ1n) is 11.5. The van der Waals surface area contributed by atoms with Crippen LogP contribution in [-0.4, -0.2) is 88.7 Å². The lowest BCUT2D eigenvalue weighted by atomic mass is 10.1. The lowest BCUT2D eigenvalue weighted by Gasteiger charge is -2.34. The molecule has 192 valence electrons. The van der Waals surface area contributed by atoms with Gasteiger partial charge < -0.3 is 9.64 Å². The van der Waals surface area contributed by atoms with Crippen LogP contribution in [0.1, 0.15) is 21.6 Å². The Morgan fingerprint density at radius 1 is 0.857 bits per heavy atom. The van der Waals surface area contributed by atoms with Crippen molar-refractivity contribution < 1.29 is 26.4 Å². The number of aryl methyl sites for hydroxylation is 3. The van der Waals surface area contributed by atoms with Gasteiger partial charge in [0.1, 0.15) is 4.21 Å². The van der Waals surface area contributed by atoms with Crippen molar-refractivity contribution in [1.82, 2.24) is 13.5 Å². The van der Waals surface area contributed by atoms with Crippen LogP contribution in [-0.2, 0) is 36.0 Å². The maximum absolute atomic E-state index is 13.3. The minimum absolute atomic E-state index is 0.0895. The van der Waals surface area contributed by atoms with E-state index in [9.17, 15) is 21.6 Å². The summed E-state index contributed by atoms with van der Waals surface area (Å²) in [5, 5.41) is 0. The molecule has 0 unspecified atom stereocenters. The van der Waals surface area contributed by atoms with Crippen molar-refractivity contribution >= 4 is 37.3 Å². The Kier molecular flexibility index (Phi) is 7.70. The molecule has 35 heavy (non-hydrogen) atoms. The molecular weight excluding hydrogens is 510 g/mol. The van der Waals surface area contributed by atoms with Crippen LogP contribution in [0.5, 0.6) is 0 Å². The van der Waals surface area contributed by atoms with Crippen molar-refractivity contribution in [2.75, 3.05) is 52.5 Å². The second-order valence-electron chi connectivity index (χ2n) is 8.93. The first kappa shape index (κ1) is 26.2. The normalized spacial score (nSPS) is 18.7. The van der Waals surface area contributed by atoms with Gasteiger partial charge in [-0.3, -0.25) is 4.79 Å². The van der Waals surface area contributed by atoms with Crippen LogP contribution < -0.4 is 0 Å². The molecule has 2 saturated heterocycles. The van der Waals surface area contributed by atoms with Crippen LogP contribution >= 0.6 is 11.3 Å². The zero-order valence-corrected chi connectivity index (χ0v) is 22.6. The van der Waals surface area contributed by atoms with Gasteiger partial charge in [0, 0.05) is 44.1 Å². The molecule has 4 rings (SSSR count). The number of hydrogen-bond donors (Lipinski definition) is 0. The standard InChI is InChI=1S/C23H31N3O6S3/c1-17-14-18(2)23(19(3)15-17)35(30,31)25-8-6-24(7-9-25)21(27)16-20-4-5-22(33-20)34(28,29)26-10-12-32-13-11-26/h4-5,14-15H,6-13,16H2,1-3H3. The number of morpholine rings is 1. The Morgan fingerprint density at radius 2 is 1.43 bits per heavy atom. The van der Waals surface area contributed by atoms with Crippen molar-refractivity contribution in [3.63, 3.8) is 0 Å². The van der Waals surface area contributed by atoms with Gasteiger partial charge in [0.05, 0.1) is 24.5 Å². The van der Waals surface area contributed by atoms with Gasteiger partial charge in [-0.2, -0.15) is 8.61 Å². The number of carbonyl (C=O) groups excluding carboxylic acids is 1. The molecule has 12 heteroatoms. The number of carbonyl (C=O) groups is 1. The van der Waals surface area contributed by atoms with Crippen LogP contribution in [0.15, 0.2) is 33.4 Å². The Balaban J connectivity index is 1.38. The van der Waals surface area contributed by atoms with E-state index in [1.807, 2.05) is 19.1 Å². The molecule has 1 aromatic carbocycles. The first-order chi connectivity index (χ1) is 16.5. The lowest BCUT2D eigenvalue weighted by molar-refractivity contribution is -0.131. The van der Waals surface area contributed by atoms with Crippen molar-refractivity contribution in [3.05, 3.63) is 45.8 Å². The summed E-state index contributed by atoms with van der Waals surface area (Å²) in [4.78, 5) is 15.6. The smallest absolute Gasteiger partial charge is 0.252 e. The summed E-state index contributed by atoms with van der Waals surface area (Å²) in [6, 6.07) is 6.97. The molecule has 1 amide bonds. The van der Waals surface area contributed by atoms with Crippen LogP contribution in [0.2, 0.25) is 0 Å². The second kappa shape index (κ2) is 10.3. The van der Waals surface area contributed by atoms with Gasteiger partial charge in [0.2, 0.25) is 15.9 Å². The third-order valence-corrected chi connectivity index (χ3v) is 12.0. The molecule has 0 spiro atoms. The molecule has 2 aliphatic rings. The number of ether oxygens (including phenoxy) is 1. The van der Waals surface area contributed by atoms with Gasteiger partial charge in [0.15, 0.2) is 0 Å². The molecule has 2 fully saturated rings. The topological polar surface area (TPSA) is 104 Å². The predicted molar refractivity (Wildman–Crippen MR) is 134 cm³/mol. The molecule has 2 aliphatic heterocycles. The summed E-state index contributed by atoms with van der Waals surface area (Å²) < 4.78 is 60.5. The van der Waals surface area contributed by atoms with Gasteiger partial charge in [-0.15, -0.1) is 11.3 Å². The number of amides is 1. The van der Waals surface area contributed by atoms with Gasteiger partial charge in [0.25, 0.3) is 10.0 Å². The fourth-order valence-corrected chi connectivity index (χ4v) is 9.39. The van der Waals surface area contributed by atoms with Crippen LogP contribution in [0.3, 0.4) is 0 Å². The Morgan fingerprint density at radius 3 is 2.03 bits per heavy atom. The lowest BCUT2D eigenvalue weighted by Crippen LogP contribution is -2.51. The Hall–Kier alpha value is -1.83. The highest BCUT2D eigenvalue weighted by Gasteiger charge is 2.33. The zero-order chi connectivity index (χ0) is 25.4. The van der Waals surface area contributed by atoms with Crippen molar-refractivity contribution in [1.29, 1.82) is 0 Å².